The van der Waals surface area contributed by atoms with Gasteiger partial charge in [0.2, 0.25) is 0 Å². The molecular formula is C19H22N4O3. The van der Waals surface area contributed by atoms with Crippen LogP contribution in [0.3, 0.4) is 0 Å². The zero-order chi connectivity index (χ0) is 18.3. The number of aromatic nitrogens is 3. The molecule has 0 N–H and O–H groups in total. The molecule has 0 radical (unpaired) electrons. The summed E-state index contributed by atoms with van der Waals surface area (Å²) in [6, 6.07) is 5.87. The zero-order valence-electron chi connectivity index (χ0n) is 15.2. The van der Waals surface area contributed by atoms with E-state index in [1.54, 1.807) is 13.3 Å². The number of amides is 1. The number of carbonyl (C=O) groups is 1. The maximum atomic E-state index is 13.0. The smallest absolute Gasteiger partial charge is 0.274 e. The van der Waals surface area contributed by atoms with Gasteiger partial charge in [0, 0.05) is 51.0 Å². The summed E-state index contributed by atoms with van der Waals surface area (Å²) in [5.74, 6) is 0.939. The number of fused-ring (bicyclic) bond motifs is 1. The fraction of sp³-hybridized carbons (Fsp3) is 0.421. The van der Waals surface area contributed by atoms with Crippen molar-refractivity contribution in [1.82, 2.24) is 19.4 Å². The SMILES string of the molecule is CO[C@H]1CN(C(=O)c2cn3cccc(C)c3n2)C[C@H]1Cc1cc(C)no1. The second-order valence-electron chi connectivity index (χ2n) is 6.93. The van der Waals surface area contributed by atoms with Gasteiger partial charge in [-0.2, -0.15) is 0 Å². The van der Waals surface area contributed by atoms with Crippen molar-refractivity contribution in [3.8, 4) is 0 Å². The number of rotatable bonds is 4. The number of carbonyl (C=O) groups excluding carboxylic acids is 1. The average Bonchev–Trinajstić information content (AvgIpc) is 3.33. The van der Waals surface area contributed by atoms with Gasteiger partial charge in [-0.3, -0.25) is 4.79 Å². The highest BCUT2D eigenvalue weighted by Crippen LogP contribution is 2.25. The van der Waals surface area contributed by atoms with E-state index in [1.807, 2.05) is 47.5 Å². The van der Waals surface area contributed by atoms with Crippen LogP contribution in [0.15, 0.2) is 35.1 Å². The molecule has 0 bridgehead atoms. The number of methoxy groups -OCH3 is 1. The molecule has 2 atom stereocenters. The van der Waals surface area contributed by atoms with E-state index in [1.165, 1.54) is 0 Å². The number of hydrogen-bond donors (Lipinski definition) is 0. The van der Waals surface area contributed by atoms with E-state index in [2.05, 4.69) is 10.1 Å². The number of hydrogen-bond acceptors (Lipinski definition) is 5. The molecule has 1 saturated heterocycles. The number of ether oxygens (including phenoxy) is 1. The van der Waals surface area contributed by atoms with Gasteiger partial charge in [-0.25, -0.2) is 4.98 Å². The van der Waals surface area contributed by atoms with Gasteiger partial charge in [0.25, 0.3) is 5.91 Å². The molecule has 0 saturated carbocycles. The minimum atomic E-state index is -0.0635. The van der Waals surface area contributed by atoms with Crippen molar-refractivity contribution < 1.29 is 14.1 Å². The second kappa shape index (κ2) is 6.57. The maximum absolute atomic E-state index is 13.0. The van der Waals surface area contributed by atoms with E-state index in [4.69, 9.17) is 9.26 Å². The van der Waals surface area contributed by atoms with Crippen LogP contribution in [0, 0.1) is 19.8 Å². The summed E-state index contributed by atoms with van der Waals surface area (Å²) >= 11 is 0. The molecule has 1 aliphatic rings. The van der Waals surface area contributed by atoms with Gasteiger partial charge >= 0.3 is 0 Å². The molecule has 1 amide bonds. The van der Waals surface area contributed by atoms with Crippen LogP contribution in [0.1, 0.15) is 27.5 Å². The van der Waals surface area contributed by atoms with Crippen LogP contribution < -0.4 is 0 Å². The predicted octanol–water partition coefficient (Wildman–Crippen LogP) is 2.27. The van der Waals surface area contributed by atoms with Crippen LogP contribution in [-0.4, -0.2) is 51.7 Å². The molecule has 7 nitrogen and oxygen atoms in total. The minimum absolute atomic E-state index is 0.0249. The Labute approximate surface area is 151 Å². The van der Waals surface area contributed by atoms with Gasteiger partial charge in [0.15, 0.2) is 0 Å². The Hall–Kier alpha value is -2.67. The van der Waals surface area contributed by atoms with E-state index in [0.29, 0.717) is 25.2 Å². The summed E-state index contributed by atoms with van der Waals surface area (Å²) in [6.07, 6.45) is 4.37. The molecule has 0 aliphatic carbocycles. The minimum Gasteiger partial charge on any atom is -0.379 e. The highest BCUT2D eigenvalue weighted by atomic mass is 16.5. The lowest BCUT2D eigenvalue weighted by atomic mass is 10.0. The standard InChI is InChI=1S/C19H22N4O3/c1-12-5-4-6-22-10-16(20-18(12)22)19(24)23-9-14(17(11-23)25-3)8-15-7-13(2)21-26-15/h4-7,10,14,17H,8-9,11H2,1-3H3/t14-,17+/m1/s1. The average molecular weight is 354 g/mol. The highest BCUT2D eigenvalue weighted by molar-refractivity contribution is 5.93. The number of imidazole rings is 1. The van der Waals surface area contributed by atoms with Crippen molar-refractivity contribution in [2.24, 2.45) is 5.92 Å². The van der Waals surface area contributed by atoms with Gasteiger partial charge < -0.3 is 18.6 Å². The van der Waals surface area contributed by atoms with Gasteiger partial charge in [-0.15, -0.1) is 0 Å². The Kier molecular flexibility index (Phi) is 4.24. The Morgan fingerprint density at radius 3 is 2.92 bits per heavy atom. The van der Waals surface area contributed by atoms with E-state index in [-0.39, 0.29) is 17.9 Å². The van der Waals surface area contributed by atoms with Crippen LogP contribution in [0.5, 0.6) is 0 Å². The van der Waals surface area contributed by atoms with E-state index >= 15 is 0 Å². The molecule has 136 valence electrons. The summed E-state index contributed by atoms with van der Waals surface area (Å²) in [5, 5.41) is 3.93. The van der Waals surface area contributed by atoms with Crippen molar-refractivity contribution in [1.29, 1.82) is 0 Å². The summed E-state index contributed by atoms with van der Waals surface area (Å²) in [4.78, 5) is 19.3. The van der Waals surface area contributed by atoms with Gasteiger partial charge in [0.1, 0.15) is 17.1 Å². The molecule has 0 aromatic carbocycles. The third-order valence-corrected chi connectivity index (χ3v) is 5.01. The molecule has 0 unspecified atom stereocenters. The fourth-order valence-electron chi connectivity index (χ4n) is 3.66. The highest BCUT2D eigenvalue weighted by Gasteiger charge is 2.37. The molecule has 4 heterocycles. The lowest BCUT2D eigenvalue weighted by Crippen LogP contribution is -2.30. The topological polar surface area (TPSA) is 72.9 Å². The monoisotopic (exact) mass is 354 g/mol. The van der Waals surface area contributed by atoms with Crippen LogP contribution in [-0.2, 0) is 11.2 Å². The van der Waals surface area contributed by atoms with Crippen molar-refractivity contribution in [2.45, 2.75) is 26.4 Å². The Morgan fingerprint density at radius 1 is 1.38 bits per heavy atom. The third-order valence-electron chi connectivity index (χ3n) is 5.01. The summed E-state index contributed by atoms with van der Waals surface area (Å²) in [5.41, 5.74) is 3.18. The summed E-state index contributed by atoms with van der Waals surface area (Å²) < 4.78 is 12.8. The van der Waals surface area contributed by atoms with Crippen molar-refractivity contribution in [3.05, 3.63) is 53.3 Å². The van der Waals surface area contributed by atoms with Crippen molar-refractivity contribution in [3.63, 3.8) is 0 Å². The second-order valence-corrected chi connectivity index (χ2v) is 6.93. The van der Waals surface area contributed by atoms with Crippen LogP contribution in [0.4, 0.5) is 0 Å². The Morgan fingerprint density at radius 2 is 2.23 bits per heavy atom. The first-order valence-electron chi connectivity index (χ1n) is 8.73. The van der Waals surface area contributed by atoms with Crippen molar-refractivity contribution in [2.75, 3.05) is 20.2 Å². The van der Waals surface area contributed by atoms with Crippen LogP contribution >= 0.6 is 0 Å². The molecule has 3 aromatic heterocycles. The largest absolute Gasteiger partial charge is 0.379 e. The lowest BCUT2D eigenvalue weighted by Gasteiger charge is -2.14. The number of nitrogens with zero attached hydrogens (tertiary/aromatic N) is 4. The molecule has 7 heteroatoms. The quantitative estimate of drug-likeness (QED) is 0.719. The first kappa shape index (κ1) is 16.8. The molecule has 1 aliphatic heterocycles. The van der Waals surface area contributed by atoms with Gasteiger partial charge in [0.05, 0.1) is 11.8 Å². The zero-order valence-corrected chi connectivity index (χ0v) is 15.2. The number of pyridine rings is 1. The normalized spacial score (nSPS) is 20.2. The van der Waals surface area contributed by atoms with E-state index in [0.717, 1.165) is 22.7 Å². The number of likely N-dealkylation sites (tertiary alicyclic amines) is 1. The van der Waals surface area contributed by atoms with Crippen molar-refractivity contribution >= 4 is 11.6 Å². The number of aryl methyl sites for hydroxylation is 2. The third kappa shape index (κ3) is 2.99. The first-order valence-corrected chi connectivity index (χ1v) is 8.73. The lowest BCUT2D eigenvalue weighted by molar-refractivity contribution is 0.0669. The Balaban J connectivity index is 1.53. The molecular weight excluding hydrogens is 332 g/mol. The Bertz CT molecular complexity index is 945. The van der Waals surface area contributed by atoms with Gasteiger partial charge in [-0.1, -0.05) is 11.2 Å². The molecule has 3 aromatic rings. The molecule has 0 spiro atoms. The maximum Gasteiger partial charge on any atom is 0.274 e. The fourth-order valence-corrected chi connectivity index (χ4v) is 3.66. The summed E-state index contributed by atoms with van der Waals surface area (Å²) in [6.45, 7) is 5.06. The van der Waals surface area contributed by atoms with Gasteiger partial charge in [-0.05, 0) is 25.5 Å². The van der Waals surface area contributed by atoms with E-state index < -0.39 is 0 Å². The van der Waals surface area contributed by atoms with Crippen LogP contribution in [0.2, 0.25) is 0 Å². The summed E-state index contributed by atoms with van der Waals surface area (Å²) in [7, 11) is 1.69. The molecule has 26 heavy (non-hydrogen) atoms. The van der Waals surface area contributed by atoms with Crippen LogP contribution in [0.25, 0.3) is 5.65 Å². The first-order chi connectivity index (χ1) is 12.5. The molecule has 1 fully saturated rings. The van der Waals surface area contributed by atoms with E-state index in [9.17, 15) is 4.79 Å². The molecule has 4 rings (SSSR count). The predicted molar refractivity (Wildman–Crippen MR) is 95.1 cm³/mol.